The molecule has 0 aliphatic rings. The molecule has 0 aromatic heterocycles. The first kappa shape index (κ1) is 10.7. The maximum Gasteiger partial charge on any atom is 0.409 e. The molecule has 0 saturated heterocycles. The van der Waals surface area contributed by atoms with Crippen LogP contribution in [0.3, 0.4) is 0 Å². The predicted octanol–water partition coefficient (Wildman–Crippen LogP) is 2.39. The van der Waals surface area contributed by atoms with Crippen molar-refractivity contribution in [3.63, 3.8) is 0 Å². The molecule has 0 aliphatic heterocycles. The van der Waals surface area contributed by atoms with Gasteiger partial charge in [-0.1, -0.05) is 0 Å². The smallest absolute Gasteiger partial charge is 0.409 e. The lowest BCUT2D eigenvalue weighted by molar-refractivity contribution is 0.209. The Morgan fingerprint density at radius 3 is 2.57 bits per heavy atom. The van der Waals surface area contributed by atoms with Gasteiger partial charge in [-0.15, -0.1) is 11.6 Å². The molecule has 0 aliphatic carbocycles. The van der Waals surface area contributed by atoms with Crippen LogP contribution in [-0.4, -0.2) is 23.7 Å². The van der Waals surface area contributed by atoms with Gasteiger partial charge in [-0.05, 0) is 24.3 Å². The van der Waals surface area contributed by atoms with Crippen molar-refractivity contribution < 1.29 is 14.6 Å². The van der Waals surface area contributed by atoms with Crippen molar-refractivity contribution in [3.8, 4) is 5.75 Å². The third kappa shape index (κ3) is 3.53. The van der Waals surface area contributed by atoms with Crippen molar-refractivity contribution >= 4 is 23.4 Å². The molecule has 0 atom stereocenters. The lowest BCUT2D eigenvalue weighted by atomic mass is 10.3. The van der Waals surface area contributed by atoms with E-state index in [0.717, 1.165) is 0 Å². The van der Waals surface area contributed by atoms with Gasteiger partial charge < -0.3 is 9.84 Å². The molecule has 0 heterocycles. The van der Waals surface area contributed by atoms with E-state index in [1.54, 1.807) is 24.3 Å². The van der Waals surface area contributed by atoms with Crippen LogP contribution in [0.1, 0.15) is 0 Å². The Balaban J connectivity index is 2.54. The number of carboxylic acid groups (broad SMARTS) is 1. The van der Waals surface area contributed by atoms with Gasteiger partial charge in [0.1, 0.15) is 12.4 Å². The second-order valence-electron chi connectivity index (χ2n) is 2.49. The van der Waals surface area contributed by atoms with Crippen LogP contribution in [-0.2, 0) is 0 Å². The van der Waals surface area contributed by atoms with Crippen LogP contribution in [0.25, 0.3) is 0 Å². The standard InChI is InChI=1S/C9H10ClNO3/c10-5-6-14-8-3-1-7(2-4-8)11-9(12)13/h1-4,11H,5-6H2,(H,12,13). The Hall–Kier alpha value is -1.42. The zero-order valence-electron chi connectivity index (χ0n) is 7.37. The van der Waals surface area contributed by atoms with E-state index in [1.807, 2.05) is 0 Å². The molecule has 4 nitrogen and oxygen atoms in total. The summed E-state index contributed by atoms with van der Waals surface area (Å²) in [6, 6.07) is 6.60. The monoisotopic (exact) mass is 215 g/mol. The Bertz CT molecular complexity index is 299. The number of rotatable bonds is 4. The van der Waals surface area contributed by atoms with E-state index < -0.39 is 6.09 Å². The third-order valence-electron chi connectivity index (χ3n) is 1.45. The first-order valence-electron chi connectivity index (χ1n) is 4.01. The first-order chi connectivity index (χ1) is 6.72. The molecule has 1 amide bonds. The number of nitrogens with one attached hydrogen (secondary N) is 1. The largest absolute Gasteiger partial charge is 0.492 e. The topological polar surface area (TPSA) is 58.6 Å². The third-order valence-corrected chi connectivity index (χ3v) is 1.61. The Morgan fingerprint density at radius 1 is 1.43 bits per heavy atom. The number of hydrogen-bond donors (Lipinski definition) is 2. The number of benzene rings is 1. The molecule has 0 saturated carbocycles. The molecule has 0 fully saturated rings. The van der Waals surface area contributed by atoms with Crippen LogP contribution in [0.15, 0.2) is 24.3 Å². The van der Waals surface area contributed by atoms with Gasteiger partial charge in [0, 0.05) is 5.69 Å². The van der Waals surface area contributed by atoms with E-state index in [-0.39, 0.29) is 0 Å². The van der Waals surface area contributed by atoms with E-state index in [9.17, 15) is 4.79 Å². The molecule has 2 N–H and O–H groups in total. The van der Waals surface area contributed by atoms with Gasteiger partial charge in [-0.25, -0.2) is 4.79 Å². The molecule has 0 bridgehead atoms. The molecule has 76 valence electrons. The summed E-state index contributed by atoms with van der Waals surface area (Å²) in [6.07, 6.45) is -1.08. The number of halogens is 1. The van der Waals surface area contributed by atoms with Crippen LogP contribution in [0.4, 0.5) is 10.5 Å². The van der Waals surface area contributed by atoms with Crippen molar-refractivity contribution in [3.05, 3.63) is 24.3 Å². The zero-order valence-corrected chi connectivity index (χ0v) is 8.12. The van der Waals surface area contributed by atoms with Gasteiger partial charge >= 0.3 is 6.09 Å². The van der Waals surface area contributed by atoms with Crippen LogP contribution in [0.5, 0.6) is 5.75 Å². The number of ether oxygens (including phenoxy) is 1. The molecule has 0 radical (unpaired) electrons. The second-order valence-corrected chi connectivity index (χ2v) is 2.87. The van der Waals surface area contributed by atoms with Gasteiger partial charge in [0.2, 0.25) is 0 Å². The van der Waals surface area contributed by atoms with Crippen molar-refractivity contribution in [2.45, 2.75) is 0 Å². The number of alkyl halides is 1. The van der Waals surface area contributed by atoms with Gasteiger partial charge in [0.15, 0.2) is 0 Å². The number of carbonyl (C=O) groups is 1. The molecular formula is C9H10ClNO3. The molecule has 14 heavy (non-hydrogen) atoms. The van der Waals surface area contributed by atoms with Crippen molar-refractivity contribution in [2.24, 2.45) is 0 Å². The summed E-state index contributed by atoms with van der Waals surface area (Å²) in [5.74, 6) is 1.09. The molecule has 0 spiro atoms. The molecule has 1 aromatic rings. The highest BCUT2D eigenvalue weighted by Crippen LogP contribution is 2.15. The minimum Gasteiger partial charge on any atom is -0.492 e. The van der Waals surface area contributed by atoms with E-state index in [1.165, 1.54) is 0 Å². The van der Waals surface area contributed by atoms with E-state index in [0.29, 0.717) is 23.9 Å². The fourth-order valence-electron chi connectivity index (χ4n) is 0.914. The first-order valence-corrected chi connectivity index (χ1v) is 4.54. The lowest BCUT2D eigenvalue weighted by Crippen LogP contribution is -2.06. The van der Waals surface area contributed by atoms with E-state index in [4.69, 9.17) is 21.4 Å². The highest BCUT2D eigenvalue weighted by Gasteiger charge is 1.97. The predicted molar refractivity (Wildman–Crippen MR) is 54.3 cm³/mol. The maximum absolute atomic E-state index is 10.3. The van der Waals surface area contributed by atoms with Gasteiger partial charge in [0.25, 0.3) is 0 Å². The van der Waals surface area contributed by atoms with Gasteiger partial charge in [-0.3, -0.25) is 5.32 Å². The molecular weight excluding hydrogens is 206 g/mol. The van der Waals surface area contributed by atoms with Gasteiger partial charge in [-0.2, -0.15) is 0 Å². The fraction of sp³-hybridized carbons (Fsp3) is 0.222. The Labute approximate surface area is 86.4 Å². The van der Waals surface area contributed by atoms with Crippen LogP contribution >= 0.6 is 11.6 Å². The minimum absolute atomic E-state index is 0.426. The summed E-state index contributed by atoms with van der Waals surface area (Å²) in [7, 11) is 0. The molecule has 0 unspecified atom stereocenters. The van der Waals surface area contributed by atoms with Crippen molar-refractivity contribution in [1.29, 1.82) is 0 Å². The molecule has 1 rings (SSSR count). The van der Waals surface area contributed by atoms with E-state index >= 15 is 0 Å². The highest BCUT2D eigenvalue weighted by molar-refractivity contribution is 6.18. The minimum atomic E-state index is -1.08. The van der Waals surface area contributed by atoms with Crippen molar-refractivity contribution in [2.75, 3.05) is 17.8 Å². The molecule has 1 aromatic carbocycles. The number of amides is 1. The maximum atomic E-state index is 10.3. The summed E-state index contributed by atoms with van der Waals surface area (Å²) in [6.45, 7) is 0.438. The summed E-state index contributed by atoms with van der Waals surface area (Å²) in [5.41, 5.74) is 0.510. The van der Waals surface area contributed by atoms with E-state index in [2.05, 4.69) is 5.32 Å². The number of hydrogen-bond acceptors (Lipinski definition) is 2. The average molecular weight is 216 g/mol. The summed E-state index contributed by atoms with van der Waals surface area (Å²) in [5, 5.41) is 10.6. The average Bonchev–Trinajstić information content (AvgIpc) is 2.16. The highest BCUT2D eigenvalue weighted by atomic mass is 35.5. The van der Waals surface area contributed by atoms with Crippen LogP contribution in [0, 0.1) is 0 Å². The van der Waals surface area contributed by atoms with Crippen LogP contribution < -0.4 is 10.1 Å². The van der Waals surface area contributed by atoms with Gasteiger partial charge in [0.05, 0.1) is 5.88 Å². The van der Waals surface area contributed by atoms with Crippen molar-refractivity contribution in [1.82, 2.24) is 0 Å². The SMILES string of the molecule is O=C(O)Nc1ccc(OCCCl)cc1. The summed E-state index contributed by atoms with van der Waals surface area (Å²) in [4.78, 5) is 10.3. The number of anilines is 1. The van der Waals surface area contributed by atoms with Crippen LogP contribution in [0.2, 0.25) is 0 Å². The zero-order chi connectivity index (χ0) is 10.4. The Kier molecular flexibility index (Phi) is 4.07. The fourth-order valence-corrected chi connectivity index (χ4v) is 0.992. The normalized spacial score (nSPS) is 9.50. The summed E-state index contributed by atoms with van der Waals surface area (Å²) < 4.78 is 5.21. The Morgan fingerprint density at radius 2 is 2.07 bits per heavy atom. The summed E-state index contributed by atoms with van der Waals surface area (Å²) >= 11 is 5.44. The second kappa shape index (κ2) is 5.34. The lowest BCUT2D eigenvalue weighted by Gasteiger charge is -2.04. The quantitative estimate of drug-likeness (QED) is 0.759. The molecule has 5 heteroatoms.